The Kier molecular flexibility index (Phi) is 6.71. The first-order valence-electron chi connectivity index (χ1n) is 10.8. The summed E-state index contributed by atoms with van der Waals surface area (Å²) in [6.45, 7) is 6.85. The first-order chi connectivity index (χ1) is 14.5. The van der Waals surface area contributed by atoms with E-state index in [1.165, 1.54) is 0 Å². The van der Waals surface area contributed by atoms with E-state index >= 15 is 0 Å². The van der Waals surface area contributed by atoms with E-state index in [1.807, 2.05) is 4.57 Å². The van der Waals surface area contributed by atoms with E-state index in [1.54, 1.807) is 18.3 Å². The van der Waals surface area contributed by atoms with Gasteiger partial charge >= 0.3 is 0 Å². The number of amides is 1. The molecular weight excluding hydrogens is 404 g/mol. The number of hydrogen-bond donors (Lipinski definition) is 1. The Labute approximate surface area is 181 Å². The summed E-state index contributed by atoms with van der Waals surface area (Å²) in [5, 5.41) is 3.83. The minimum Gasteiger partial charge on any atom is -0.379 e. The van der Waals surface area contributed by atoms with Crippen LogP contribution < -0.4 is 10.7 Å². The van der Waals surface area contributed by atoms with Crippen molar-refractivity contribution in [1.29, 1.82) is 0 Å². The van der Waals surface area contributed by atoms with E-state index in [2.05, 4.69) is 22.1 Å². The summed E-state index contributed by atoms with van der Waals surface area (Å²) in [7, 11) is 0. The largest absolute Gasteiger partial charge is 0.379 e. The molecular formula is C22H29ClN4O3. The van der Waals surface area contributed by atoms with Gasteiger partial charge in [0.25, 0.3) is 5.91 Å². The highest BCUT2D eigenvalue weighted by molar-refractivity contribution is 6.29. The number of fused-ring (bicyclic) bond motifs is 1. The molecule has 1 saturated heterocycles. The molecule has 3 heterocycles. The standard InChI is InChI=1S/C22H29ClN4O3/c1-15-2-4-16(5-3-15)24-22(29)18-14-27(9-8-26-10-12-30-13-11-26)21-17(20(18)28)6-7-19(23)25-21/h6-7,14-16H,2-5,8-13H2,1H3,(H,24,29). The molecule has 1 saturated carbocycles. The number of carbonyl (C=O) groups excluding carboxylic acids is 1. The molecule has 30 heavy (non-hydrogen) atoms. The highest BCUT2D eigenvalue weighted by atomic mass is 35.5. The van der Waals surface area contributed by atoms with Gasteiger partial charge in [0.2, 0.25) is 5.43 Å². The second-order valence-electron chi connectivity index (χ2n) is 8.45. The molecule has 8 heteroatoms. The molecule has 1 amide bonds. The zero-order chi connectivity index (χ0) is 21.1. The zero-order valence-electron chi connectivity index (χ0n) is 17.4. The molecule has 0 spiro atoms. The topological polar surface area (TPSA) is 76.5 Å². The molecule has 1 aliphatic carbocycles. The molecule has 7 nitrogen and oxygen atoms in total. The molecule has 0 aromatic carbocycles. The van der Waals surface area contributed by atoms with Gasteiger partial charge in [-0.1, -0.05) is 18.5 Å². The molecule has 1 aliphatic heterocycles. The summed E-state index contributed by atoms with van der Waals surface area (Å²) >= 11 is 6.10. The van der Waals surface area contributed by atoms with Crippen molar-refractivity contribution in [2.75, 3.05) is 32.8 Å². The molecule has 162 valence electrons. The van der Waals surface area contributed by atoms with Crippen molar-refractivity contribution >= 4 is 28.5 Å². The monoisotopic (exact) mass is 432 g/mol. The van der Waals surface area contributed by atoms with Crippen molar-refractivity contribution in [3.8, 4) is 0 Å². The number of halogens is 1. The van der Waals surface area contributed by atoms with Crippen molar-refractivity contribution < 1.29 is 9.53 Å². The number of aromatic nitrogens is 2. The van der Waals surface area contributed by atoms with Gasteiger partial charge < -0.3 is 14.6 Å². The molecule has 2 aromatic heterocycles. The average Bonchev–Trinajstić information content (AvgIpc) is 2.75. The third kappa shape index (κ3) is 4.85. The van der Waals surface area contributed by atoms with E-state index in [-0.39, 0.29) is 22.9 Å². The first kappa shape index (κ1) is 21.3. The summed E-state index contributed by atoms with van der Waals surface area (Å²) in [6, 6.07) is 3.40. The molecule has 2 aromatic rings. The van der Waals surface area contributed by atoms with Crippen LogP contribution in [0.15, 0.2) is 23.1 Å². The second-order valence-corrected chi connectivity index (χ2v) is 8.84. The molecule has 0 unspecified atom stereocenters. The maximum Gasteiger partial charge on any atom is 0.256 e. The Balaban J connectivity index is 1.60. The van der Waals surface area contributed by atoms with Gasteiger partial charge in [-0.15, -0.1) is 0 Å². The minimum atomic E-state index is -0.295. The van der Waals surface area contributed by atoms with Crippen LogP contribution in [0.5, 0.6) is 0 Å². The van der Waals surface area contributed by atoms with E-state index in [0.29, 0.717) is 28.6 Å². The first-order valence-corrected chi connectivity index (χ1v) is 11.2. The lowest BCUT2D eigenvalue weighted by Crippen LogP contribution is -2.40. The van der Waals surface area contributed by atoms with Gasteiger partial charge in [-0.3, -0.25) is 14.5 Å². The third-order valence-corrected chi connectivity index (χ3v) is 6.45. The summed E-state index contributed by atoms with van der Waals surface area (Å²) in [6.07, 6.45) is 5.78. The number of hydrogen-bond acceptors (Lipinski definition) is 5. The van der Waals surface area contributed by atoms with Crippen LogP contribution in [0.25, 0.3) is 11.0 Å². The number of carbonyl (C=O) groups is 1. The van der Waals surface area contributed by atoms with Gasteiger partial charge in [0, 0.05) is 38.4 Å². The molecule has 2 aliphatic rings. The van der Waals surface area contributed by atoms with Crippen molar-refractivity contribution in [2.24, 2.45) is 5.92 Å². The maximum atomic E-state index is 13.0. The predicted molar refractivity (Wildman–Crippen MR) is 117 cm³/mol. The number of nitrogens with one attached hydrogen (secondary N) is 1. The fourth-order valence-electron chi connectivity index (χ4n) is 4.32. The highest BCUT2D eigenvalue weighted by Crippen LogP contribution is 2.23. The number of rotatable bonds is 5. The van der Waals surface area contributed by atoms with E-state index < -0.39 is 0 Å². The van der Waals surface area contributed by atoms with Crippen molar-refractivity contribution in [1.82, 2.24) is 19.8 Å². The summed E-state index contributed by atoms with van der Waals surface area (Å²) in [4.78, 5) is 32.7. The normalized spacial score (nSPS) is 22.9. The van der Waals surface area contributed by atoms with E-state index in [0.717, 1.165) is 58.5 Å². The second kappa shape index (κ2) is 9.45. The minimum absolute atomic E-state index is 0.133. The Morgan fingerprint density at radius 2 is 1.93 bits per heavy atom. The lowest BCUT2D eigenvalue weighted by atomic mass is 9.87. The zero-order valence-corrected chi connectivity index (χ0v) is 18.2. The average molecular weight is 433 g/mol. The fraction of sp³-hybridized carbons (Fsp3) is 0.591. The number of nitrogens with zero attached hydrogens (tertiary/aromatic N) is 3. The number of ether oxygens (including phenoxy) is 1. The molecule has 0 bridgehead atoms. The molecule has 0 radical (unpaired) electrons. The Morgan fingerprint density at radius 3 is 2.67 bits per heavy atom. The summed E-state index contributed by atoms with van der Waals surface area (Å²) < 4.78 is 7.30. The highest BCUT2D eigenvalue weighted by Gasteiger charge is 2.23. The quantitative estimate of drug-likeness (QED) is 0.735. The van der Waals surface area contributed by atoms with Gasteiger partial charge in [0.05, 0.1) is 18.6 Å². The Hall–Kier alpha value is -1.96. The van der Waals surface area contributed by atoms with Crippen LogP contribution in [-0.2, 0) is 11.3 Å². The van der Waals surface area contributed by atoms with Gasteiger partial charge in [0.15, 0.2) is 0 Å². The number of pyridine rings is 2. The van der Waals surface area contributed by atoms with E-state index in [9.17, 15) is 9.59 Å². The van der Waals surface area contributed by atoms with Crippen LogP contribution in [0.2, 0.25) is 5.15 Å². The maximum absolute atomic E-state index is 13.0. The van der Waals surface area contributed by atoms with Gasteiger partial charge in [-0.05, 0) is 43.7 Å². The van der Waals surface area contributed by atoms with Crippen LogP contribution in [0.1, 0.15) is 43.0 Å². The SMILES string of the molecule is CC1CCC(NC(=O)c2cn(CCN3CCOCC3)c3nc(Cl)ccc3c2=O)CC1. The van der Waals surface area contributed by atoms with Crippen LogP contribution in [0.4, 0.5) is 0 Å². The smallest absolute Gasteiger partial charge is 0.256 e. The van der Waals surface area contributed by atoms with Crippen molar-refractivity contribution in [2.45, 2.75) is 45.2 Å². The summed E-state index contributed by atoms with van der Waals surface area (Å²) in [5.74, 6) is 0.406. The van der Waals surface area contributed by atoms with Gasteiger partial charge in [-0.2, -0.15) is 0 Å². The molecule has 0 atom stereocenters. The fourth-order valence-corrected chi connectivity index (χ4v) is 4.46. The third-order valence-electron chi connectivity index (χ3n) is 6.24. The van der Waals surface area contributed by atoms with Crippen LogP contribution in [0.3, 0.4) is 0 Å². The summed E-state index contributed by atoms with van der Waals surface area (Å²) in [5.41, 5.74) is 0.398. The van der Waals surface area contributed by atoms with Crippen LogP contribution in [-0.4, -0.2) is 59.2 Å². The lowest BCUT2D eigenvalue weighted by molar-refractivity contribution is 0.0365. The Bertz CT molecular complexity index is 963. The molecule has 4 rings (SSSR count). The van der Waals surface area contributed by atoms with Gasteiger partial charge in [-0.25, -0.2) is 4.98 Å². The van der Waals surface area contributed by atoms with E-state index in [4.69, 9.17) is 16.3 Å². The number of morpholine rings is 1. The predicted octanol–water partition coefficient (Wildman–Crippen LogP) is 2.69. The molecule has 2 fully saturated rings. The van der Waals surface area contributed by atoms with Crippen molar-refractivity contribution in [3.05, 3.63) is 39.3 Å². The molecule has 1 N–H and O–H groups in total. The van der Waals surface area contributed by atoms with Crippen LogP contribution in [0, 0.1) is 5.92 Å². The van der Waals surface area contributed by atoms with Crippen molar-refractivity contribution in [3.63, 3.8) is 0 Å². The van der Waals surface area contributed by atoms with Crippen LogP contribution >= 0.6 is 11.6 Å². The Morgan fingerprint density at radius 1 is 1.20 bits per heavy atom. The van der Waals surface area contributed by atoms with Gasteiger partial charge in [0.1, 0.15) is 16.4 Å². The lowest BCUT2D eigenvalue weighted by Gasteiger charge is -2.27.